The van der Waals surface area contributed by atoms with E-state index in [0.29, 0.717) is 5.95 Å². The second-order valence-corrected chi connectivity index (χ2v) is 7.46. The third-order valence-electron chi connectivity index (χ3n) is 5.17. The molecule has 0 bridgehead atoms. The molecule has 1 aliphatic heterocycles. The highest BCUT2D eigenvalue weighted by Crippen LogP contribution is 2.26. The summed E-state index contributed by atoms with van der Waals surface area (Å²) in [5.74, 6) is 0.556. The zero-order valence-corrected chi connectivity index (χ0v) is 17.8. The minimum atomic E-state index is 0. The smallest absolute Gasteiger partial charge is 0.227 e. The van der Waals surface area contributed by atoms with Gasteiger partial charge in [-0.3, -0.25) is 0 Å². The topological polar surface area (TPSA) is 81.0 Å². The summed E-state index contributed by atoms with van der Waals surface area (Å²) in [5, 5.41) is 12.8. The van der Waals surface area contributed by atoms with Crippen molar-refractivity contribution in [2.45, 2.75) is 19.9 Å². The fraction of sp³-hybridized carbons (Fsp3) is 0.333. The Hall–Kier alpha value is -2.97. The molecule has 1 N–H and O–H groups in total. The molecule has 30 heavy (non-hydrogen) atoms. The number of anilines is 3. The first kappa shape index (κ1) is 20.3. The lowest BCUT2D eigenvalue weighted by molar-refractivity contribution is 0.122. The number of ether oxygens (including phenoxy) is 1. The number of morpholine rings is 1. The highest BCUT2D eigenvalue weighted by atomic mass is 35.5. The van der Waals surface area contributed by atoms with Crippen molar-refractivity contribution in [2.24, 2.45) is 0 Å². The fourth-order valence-corrected chi connectivity index (χ4v) is 3.65. The summed E-state index contributed by atoms with van der Waals surface area (Å²) in [6, 6.07) is 12.5. The van der Waals surface area contributed by atoms with Crippen molar-refractivity contribution in [2.75, 3.05) is 36.5 Å². The van der Waals surface area contributed by atoms with Crippen molar-refractivity contribution < 1.29 is 4.74 Å². The number of fused-ring (bicyclic) bond motifs is 3. The molecule has 3 heterocycles. The lowest BCUT2D eigenvalue weighted by Crippen LogP contribution is -2.36. The van der Waals surface area contributed by atoms with Crippen molar-refractivity contribution in [3.8, 4) is 0 Å². The van der Waals surface area contributed by atoms with Gasteiger partial charge in [0, 0.05) is 42.1 Å². The van der Waals surface area contributed by atoms with E-state index in [2.05, 4.69) is 63.6 Å². The molecule has 0 unspecified atom stereocenters. The Bertz CT molecular complexity index is 1150. The number of hydrogen-bond acceptors (Lipinski definition) is 7. The lowest BCUT2D eigenvalue weighted by atomic mass is 10.2. The summed E-state index contributed by atoms with van der Waals surface area (Å²) in [6.07, 6.45) is 1.84. The predicted molar refractivity (Wildman–Crippen MR) is 121 cm³/mol. The molecule has 0 spiro atoms. The first-order valence-corrected chi connectivity index (χ1v) is 9.89. The van der Waals surface area contributed by atoms with Crippen LogP contribution >= 0.6 is 12.4 Å². The molecular formula is C21H24ClN7O. The summed E-state index contributed by atoms with van der Waals surface area (Å²) in [5.41, 5.74) is 4.77. The number of halogens is 1. The zero-order valence-electron chi connectivity index (χ0n) is 16.9. The maximum absolute atomic E-state index is 5.43. The molecule has 1 aliphatic rings. The van der Waals surface area contributed by atoms with E-state index >= 15 is 0 Å². The third kappa shape index (κ3) is 3.76. The van der Waals surface area contributed by atoms with Gasteiger partial charge in [-0.2, -0.15) is 0 Å². The maximum Gasteiger partial charge on any atom is 0.227 e. The molecule has 4 aromatic rings. The van der Waals surface area contributed by atoms with Gasteiger partial charge in [0.25, 0.3) is 0 Å². The van der Waals surface area contributed by atoms with Crippen molar-refractivity contribution in [3.05, 3.63) is 42.6 Å². The van der Waals surface area contributed by atoms with E-state index < -0.39 is 0 Å². The third-order valence-corrected chi connectivity index (χ3v) is 5.17. The Morgan fingerprint density at radius 2 is 1.80 bits per heavy atom. The average molecular weight is 426 g/mol. The highest BCUT2D eigenvalue weighted by molar-refractivity contribution is 6.01. The van der Waals surface area contributed by atoms with Crippen LogP contribution in [0.5, 0.6) is 0 Å². The second-order valence-electron chi connectivity index (χ2n) is 7.46. The average Bonchev–Trinajstić information content (AvgIpc) is 3.20. The number of hydrogen-bond donors (Lipinski definition) is 1. The van der Waals surface area contributed by atoms with Crippen LogP contribution in [0.4, 0.5) is 17.3 Å². The highest BCUT2D eigenvalue weighted by Gasteiger charge is 2.14. The van der Waals surface area contributed by atoms with E-state index in [-0.39, 0.29) is 18.4 Å². The summed E-state index contributed by atoms with van der Waals surface area (Å²) in [7, 11) is 0. The quantitative estimate of drug-likeness (QED) is 0.530. The fourth-order valence-electron chi connectivity index (χ4n) is 3.65. The van der Waals surface area contributed by atoms with Crippen molar-refractivity contribution in [1.29, 1.82) is 0 Å². The normalized spacial score (nSPS) is 14.3. The summed E-state index contributed by atoms with van der Waals surface area (Å²) in [4.78, 5) is 11.6. The van der Waals surface area contributed by atoms with E-state index in [4.69, 9.17) is 9.72 Å². The summed E-state index contributed by atoms with van der Waals surface area (Å²) in [6.45, 7) is 7.58. The van der Waals surface area contributed by atoms with Gasteiger partial charge in [0.1, 0.15) is 16.6 Å². The van der Waals surface area contributed by atoms with Crippen molar-refractivity contribution in [3.63, 3.8) is 0 Å². The van der Waals surface area contributed by atoms with Gasteiger partial charge in [0.15, 0.2) is 0 Å². The van der Waals surface area contributed by atoms with E-state index in [1.807, 2.05) is 23.0 Å². The Kier molecular flexibility index (Phi) is 5.69. The molecular weight excluding hydrogens is 402 g/mol. The van der Waals surface area contributed by atoms with Gasteiger partial charge >= 0.3 is 0 Å². The number of rotatable bonds is 4. The molecule has 1 fully saturated rings. The van der Waals surface area contributed by atoms with Gasteiger partial charge in [-0.15, -0.1) is 17.5 Å². The molecule has 156 valence electrons. The molecule has 0 aliphatic carbocycles. The maximum atomic E-state index is 5.43. The summed E-state index contributed by atoms with van der Waals surface area (Å²) >= 11 is 0. The molecule has 2 aromatic heterocycles. The van der Waals surface area contributed by atoms with E-state index in [1.165, 1.54) is 5.69 Å². The van der Waals surface area contributed by atoms with Gasteiger partial charge in [-0.1, -0.05) is 5.21 Å². The molecule has 0 saturated carbocycles. The van der Waals surface area contributed by atoms with Crippen LogP contribution in [-0.4, -0.2) is 51.3 Å². The monoisotopic (exact) mass is 425 g/mol. The van der Waals surface area contributed by atoms with Gasteiger partial charge in [-0.25, -0.2) is 14.6 Å². The van der Waals surface area contributed by atoms with Gasteiger partial charge < -0.3 is 15.0 Å². The molecule has 1 saturated heterocycles. The number of nitrogens with zero attached hydrogens (tertiary/aromatic N) is 6. The van der Waals surface area contributed by atoms with Gasteiger partial charge in [0.05, 0.1) is 13.2 Å². The van der Waals surface area contributed by atoms with E-state index in [1.54, 1.807) is 0 Å². The van der Waals surface area contributed by atoms with Gasteiger partial charge in [-0.05, 0) is 50.2 Å². The molecule has 0 radical (unpaired) electrons. The van der Waals surface area contributed by atoms with E-state index in [0.717, 1.165) is 53.9 Å². The molecule has 9 heteroatoms. The first-order valence-electron chi connectivity index (χ1n) is 9.89. The number of nitrogens with one attached hydrogen (secondary N) is 1. The van der Waals surface area contributed by atoms with Crippen LogP contribution in [0.15, 0.2) is 42.6 Å². The SMILES string of the molecule is CC(C)n1nnc2ccc3cnc(Nc4ccc(N5CCOCC5)cc4)nc3c21.Cl. The van der Waals surface area contributed by atoms with Crippen LogP contribution in [0, 0.1) is 0 Å². The minimum Gasteiger partial charge on any atom is -0.378 e. The van der Waals surface area contributed by atoms with Crippen LogP contribution in [-0.2, 0) is 4.74 Å². The lowest BCUT2D eigenvalue weighted by Gasteiger charge is -2.28. The largest absolute Gasteiger partial charge is 0.378 e. The Morgan fingerprint density at radius 3 is 2.53 bits per heavy atom. The number of aromatic nitrogens is 5. The molecule has 2 aromatic carbocycles. The van der Waals surface area contributed by atoms with Crippen LogP contribution < -0.4 is 10.2 Å². The van der Waals surface area contributed by atoms with Crippen molar-refractivity contribution >= 4 is 51.7 Å². The van der Waals surface area contributed by atoms with Crippen LogP contribution in [0.2, 0.25) is 0 Å². The number of benzene rings is 2. The molecule has 0 atom stereocenters. The second kappa shape index (κ2) is 8.41. The van der Waals surface area contributed by atoms with Crippen LogP contribution in [0.1, 0.15) is 19.9 Å². The Morgan fingerprint density at radius 1 is 1.03 bits per heavy atom. The van der Waals surface area contributed by atoms with E-state index in [9.17, 15) is 0 Å². The van der Waals surface area contributed by atoms with Crippen LogP contribution in [0.3, 0.4) is 0 Å². The Balaban J connectivity index is 0.00000218. The minimum absolute atomic E-state index is 0. The predicted octanol–water partition coefficient (Wildman–Crippen LogP) is 3.96. The van der Waals surface area contributed by atoms with Crippen molar-refractivity contribution in [1.82, 2.24) is 25.0 Å². The van der Waals surface area contributed by atoms with Gasteiger partial charge in [0.2, 0.25) is 5.95 Å². The summed E-state index contributed by atoms with van der Waals surface area (Å²) < 4.78 is 7.33. The molecule has 0 amide bonds. The standard InChI is InChI=1S/C21H23N7O.ClH/c1-14(2)28-20-18(25-26-28)8-3-15-13-22-21(24-19(15)20)23-16-4-6-17(7-5-16)27-9-11-29-12-10-27;/h3-8,13-14H,9-12H2,1-2H3,(H,22,23,24);1H. The first-order chi connectivity index (χ1) is 14.2. The zero-order chi connectivity index (χ0) is 19.8. The Labute approximate surface area is 180 Å². The molecule has 8 nitrogen and oxygen atoms in total. The van der Waals surface area contributed by atoms with Crippen LogP contribution in [0.25, 0.3) is 21.9 Å². The molecule has 5 rings (SSSR count).